The van der Waals surface area contributed by atoms with Gasteiger partial charge in [0, 0.05) is 6.42 Å². The Balaban J connectivity index is 1.43. The summed E-state index contributed by atoms with van der Waals surface area (Å²) in [6.45, 7) is 2.13. The number of aryl methyl sites for hydroxylation is 1. The van der Waals surface area contributed by atoms with Gasteiger partial charge >= 0.3 is 0 Å². The lowest BCUT2D eigenvalue weighted by Gasteiger charge is -2.07. The van der Waals surface area contributed by atoms with Crippen LogP contribution in [0.15, 0.2) is 79.0 Å². The van der Waals surface area contributed by atoms with Crippen LogP contribution < -0.4 is 4.74 Å². The molecule has 1 aromatic heterocycles. The van der Waals surface area contributed by atoms with Crippen molar-refractivity contribution in [1.82, 2.24) is 9.97 Å². The van der Waals surface area contributed by atoms with Gasteiger partial charge in [-0.25, -0.2) is 4.98 Å². The van der Waals surface area contributed by atoms with Crippen molar-refractivity contribution in [3.05, 3.63) is 102 Å². The second-order valence-corrected chi connectivity index (χ2v) is 6.62. The fourth-order valence-corrected chi connectivity index (χ4v) is 3.10. The zero-order valence-electron chi connectivity index (χ0n) is 15.5. The minimum absolute atomic E-state index is 0.580. The third kappa shape index (κ3) is 3.94. The van der Waals surface area contributed by atoms with Crippen molar-refractivity contribution in [3.63, 3.8) is 0 Å². The van der Waals surface area contributed by atoms with Crippen LogP contribution in [-0.2, 0) is 6.42 Å². The second kappa shape index (κ2) is 7.81. The fraction of sp³-hybridized carbons (Fsp3) is 0.0833. The lowest BCUT2D eigenvalue weighted by molar-refractivity contribution is 0.465. The maximum absolute atomic E-state index is 8.85. The highest BCUT2D eigenvalue weighted by Crippen LogP contribution is 2.24. The van der Waals surface area contributed by atoms with Crippen LogP contribution in [0.4, 0.5) is 0 Å². The molecule has 0 aliphatic carbocycles. The SMILES string of the molecule is Cc1ccccc1-c1ccc(Cc2ncc(Oc3ccc(C#N)cc3)[nH]2)cc1. The summed E-state index contributed by atoms with van der Waals surface area (Å²) in [5.41, 5.74) is 5.52. The van der Waals surface area contributed by atoms with Crippen molar-refractivity contribution < 1.29 is 4.74 Å². The minimum Gasteiger partial charge on any atom is -0.439 e. The molecule has 0 saturated carbocycles. The van der Waals surface area contributed by atoms with Crippen molar-refractivity contribution in [2.75, 3.05) is 0 Å². The Morgan fingerprint density at radius 2 is 1.71 bits per heavy atom. The summed E-state index contributed by atoms with van der Waals surface area (Å²) >= 11 is 0. The standard InChI is InChI=1S/C24H19N3O/c1-17-4-2-3-5-22(17)20-10-6-18(7-11-20)14-23-26-16-24(27-23)28-21-12-8-19(15-25)9-13-21/h2-13,16H,14H2,1H3,(H,26,27). The van der Waals surface area contributed by atoms with Crippen molar-refractivity contribution in [2.24, 2.45) is 0 Å². The molecule has 0 amide bonds. The molecule has 0 aliphatic rings. The van der Waals surface area contributed by atoms with Gasteiger partial charge in [-0.1, -0.05) is 48.5 Å². The molecule has 0 atom stereocenters. The topological polar surface area (TPSA) is 61.7 Å². The normalized spacial score (nSPS) is 10.4. The molecule has 0 aliphatic heterocycles. The number of nitrogens with one attached hydrogen (secondary N) is 1. The molecule has 4 nitrogen and oxygen atoms in total. The number of aromatic nitrogens is 2. The van der Waals surface area contributed by atoms with E-state index in [9.17, 15) is 0 Å². The molecule has 0 spiro atoms. The first-order chi connectivity index (χ1) is 13.7. The lowest BCUT2D eigenvalue weighted by Crippen LogP contribution is -1.92. The highest BCUT2D eigenvalue weighted by Gasteiger charge is 2.06. The van der Waals surface area contributed by atoms with Gasteiger partial charge in [-0.15, -0.1) is 0 Å². The molecule has 4 heteroatoms. The van der Waals surface area contributed by atoms with Gasteiger partial charge in [0.2, 0.25) is 5.88 Å². The molecule has 1 N–H and O–H groups in total. The van der Waals surface area contributed by atoms with Crippen LogP contribution in [0.3, 0.4) is 0 Å². The Morgan fingerprint density at radius 3 is 2.43 bits per heavy atom. The average Bonchev–Trinajstić information content (AvgIpc) is 3.16. The number of H-pyrrole nitrogens is 1. The number of hydrogen-bond donors (Lipinski definition) is 1. The maximum atomic E-state index is 8.85. The van der Waals surface area contributed by atoms with Crippen LogP contribution in [-0.4, -0.2) is 9.97 Å². The van der Waals surface area contributed by atoms with E-state index in [2.05, 4.69) is 71.5 Å². The van der Waals surface area contributed by atoms with E-state index in [-0.39, 0.29) is 0 Å². The molecule has 28 heavy (non-hydrogen) atoms. The Bertz CT molecular complexity index is 1120. The van der Waals surface area contributed by atoms with Gasteiger partial charge in [0.05, 0.1) is 17.8 Å². The van der Waals surface area contributed by atoms with Crippen LogP contribution in [0.5, 0.6) is 11.6 Å². The van der Waals surface area contributed by atoms with Crippen molar-refractivity contribution >= 4 is 0 Å². The first kappa shape index (κ1) is 17.6. The number of imidazole rings is 1. The number of rotatable bonds is 5. The summed E-state index contributed by atoms with van der Waals surface area (Å²) in [5, 5.41) is 8.85. The lowest BCUT2D eigenvalue weighted by atomic mass is 9.99. The fourth-order valence-electron chi connectivity index (χ4n) is 3.10. The van der Waals surface area contributed by atoms with E-state index in [4.69, 9.17) is 10.00 Å². The zero-order chi connectivity index (χ0) is 19.3. The molecule has 0 unspecified atom stereocenters. The summed E-state index contributed by atoms with van der Waals surface area (Å²) in [6.07, 6.45) is 2.38. The van der Waals surface area contributed by atoms with Crippen LogP contribution >= 0.6 is 0 Å². The number of ether oxygens (including phenoxy) is 1. The van der Waals surface area contributed by atoms with Gasteiger partial charge in [-0.2, -0.15) is 5.26 Å². The summed E-state index contributed by atoms with van der Waals surface area (Å²) < 4.78 is 5.76. The van der Waals surface area contributed by atoms with Crippen molar-refractivity contribution in [1.29, 1.82) is 5.26 Å². The van der Waals surface area contributed by atoms with E-state index in [1.54, 1.807) is 30.5 Å². The van der Waals surface area contributed by atoms with E-state index in [1.807, 2.05) is 0 Å². The molecule has 0 bridgehead atoms. The minimum atomic E-state index is 0.580. The van der Waals surface area contributed by atoms with Crippen LogP contribution in [0, 0.1) is 18.3 Å². The van der Waals surface area contributed by atoms with E-state index in [0.29, 0.717) is 23.6 Å². The molecule has 0 fully saturated rings. The van der Waals surface area contributed by atoms with Crippen molar-refractivity contribution in [3.8, 4) is 28.8 Å². The molecule has 3 aromatic carbocycles. The van der Waals surface area contributed by atoms with Crippen molar-refractivity contribution in [2.45, 2.75) is 13.3 Å². The number of aromatic amines is 1. The van der Waals surface area contributed by atoms with E-state index < -0.39 is 0 Å². The first-order valence-electron chi connectivity index (χ1n) is 9.08. The van der Waals surface area contributed by atoms with Crippen LogP contribution in [0.25, 0.3) is 11.1 Å². The molecule has 4 rings (SSSR count). The second-order valence-electron chi connectivity index (χ2n) is 6.62. The predicted molar refractivity (Wildman–Crippen MR) is 109 cm³/mol. The average molecular weight is 365 g/mol. The van der Waals surface area contributed by atoms with Gasteiger partial charge in [-0.05, 0) is 53.4 Å². The molecule has 136 valence electrons. The van der Waals surface area contributed by atoms with Gasteiger partial charge in [0.1, 0.15) is 11.6 Å². The van der Waals surface area contributed by atoms with E-state index in [1.165, 1.54) is 22.3 Å². The van der Waals surface area contributed by atoms with Gasteiger partial charge in [0.25, 0.3) is 0 Å². The maximum Gasteiger partial charge on any atom is 0.217 e. The number of hydrogen-bond acceptors (Lipinski definition) is 3. The Hall–Kier alpha value is -3.84. The number of nitriles is 1. The summed E-state index contributed by atoms with van der Waals surface area (Å²) in [7, 11) is 0. The van der Waals surface area contributed by atoms with Crippen LogP contribution in [0.2, 0.25) is 0 Å². The molecular weight excluding hydrogens is 346 g/mol. The first-order valence-corrected chi connectivity index (χ1v) is 9.08. The number of benzene rings is 3. The molecule has 1 heterocycles. The van der Waals surface area contributed by atoms with Gasteiger partial charge in [0.15, 0.2) is 0 Å². The van der Waals surface area contributed by atoms with Gasteiger partial charge < -0.3 is 9.72 Å². The van der Waals surface area contributed by atoms with E-state index in [0.717, 1.165) is 5.82 Å². The Kier molecular flexibility index (Phi) is 4.90. The summed E-state index contributed by atoms with van der Waals surface area (Å²) in [6, 6.07) is 26.0. The quantitative estimate of drug-likeness (QED) is 0.498. The Morgan fingerprint density at radius 1 is 0.964 bits per heavy atom. The highest BCUT2D eigenvalue weighted by molar-refractivity contribution is 5.67. The third-order valence-corrected chi connectivity index (χ3v) is 4.60. The summed E-state index contributed by atoms with van der Waals surface area (Å²) in [5.74, 6) is 2.08. The number of nitrogens with zero attached hydrogens (tertiary/aromatic N) is 2. The molecular formula is C24H19N3O. The zero-order valence-corrected chi connectivity index (χ0v) is 15.5. The predicted octanol–water partition coefficient (Wildman–Crippen LogP) is 5.64. The smallest absolute Gasteiger partial charge is 0.217 e. The monoisotopic (exact) mass is 365 g/mol. The highest BCUT2D eigenvalue weighted by atomic mass is 16.5. The molecule has 0 radical (unpaired) electrons. The summed E-state index contributed by atoms with van der Waals surface area (Å²) in [4.78, 5) is 7.60. The van der Waals surface area contributed by atoms with Gasteiger partial charge in [-0.3, -0.25) is 0 Å². The Labute approximate surface area is 164 Å². The largest absolute Gasteiger partial charge is 0.439 e. The van der Waals surface area contributed by atoms with Crippen LogP contribution in [0.1, 0.15) is 22.5 Å². The molecule has 4 aromatic rings. The molecule has 0 saturated heterocycles. The third-order valence-electron chi connectivity index (χ3n) is 4.60. The van der Waals surface area contributed by atoms with E-state index >= 15 is 0 Å².